The summed E-state index contributed by atoms with van der Waals surface area (Å²) in [6.07, 6.45) is 1.07. The van der Waals surface area contributed by atoms with Crippen LogP contribution in [0.5, 0.6) is 0 Å². The molecule has 0 saturated carbocycles. The van der Waals surface area contributed by atoms with E-state index in [1.165, 1.54) is 0 Å². The molecule has 0 heterocycles. The molecule has 5 nitrogen and oxygen atoms in total. The first-order chi connectivity index (χ1) is 8.95. The van der Waals surface area contributed by atoms with E-state index in [0.29, 0.717) is 11.3 Å². The molecule has 0 aliphatic carbocycles. The Kier molecular flexibility index (Phi) is 5.63. The largest absolute Gasteiger partial charge is 0.397 e. The summed E-state index contributed by atoms with van der Waals surface area (Å²) in [4.78, 5) is 15.5. The van der Waals surface area contributed by atoms with Crippen LogP contribution in [-0.4, -0.2) is 44.5 Å². The van der Waals surface area contributed by atoms with E-state index in [9.17, 15) is 4.79 Å². The maximum absolute atomic E-state index is 11.1. The number of amides is 1. The molecule has 1 aromatic carbocycles. The van der Waals surface area contributed by atoms with Crippen LogP contribution in [0.2, 0.25) is 0 Å². The van der Waals surface area contributed by atoms with Gasteiger partial charge in [0.15, 0.2) is 0 Å². The van der Waals surface area contributed by atoms with Gasteiger partial charge in [-0.05, 0) is 52.2 Å². The van der Waals surface area contributed by atoms with E-state index in [2.05, 4.69) is 30.8 Å². The van der Waals surface area contributed by atoms with Crippen LogP contribution in [0, 0.1) is 0 Å². The number of hydrogen-bond donors (Lipinski definition) is 2. The van der Waals surface area contributed by atoms with Crippen molar-refractivity contribution in [3.63, 3.8) is 0 Å². The predicted molar refractivity (Wildman–Crippen MR) is 80.4 cm³/mol. The normalized spacial score (nSPS) is 10.7. The standard InChI is InChI=1S/C14H24N4O/c1-4-18(9-5-8-17(2)3)13-7-6-11(14(16)19)10-12(13)15/h6-7,10H,4-5,8-9,15H2,1-3H3,(H2,16,19). The van der Waals surface area contributed by atoms with Gasteiger partial charge < -0.3 is 21.3 Å². The number of anilines is 2. The lowest BCUT2D eigenvalue weighted by Crippen LogP contribution is -2.27. The van der Waals surface area contributed by atoms with Gasteiger partial charge in [0.1, 0.15) is 0 Å². The lowest BCUT2D eigenvalue weighted by atomic mass is 10.1. The van der Waals surface area contributed by atoms with E-state index < -0.39 is 5.91 Å². The van der Waals surface area contributed by atoms with Crippen molar-refractivity contribution < 1.29 is 4.79 Å². The molecule has 0 aliphatic heterocycles. The zero-order valence-electron chi connectivity index (χ0n) is 12.0. The molecule has 0 atom stereocenters. The molecular weight excluding hydrogens is 240 g/mol. The average Bonchev–Trinajstić information content (AvgIpc) is 2.34. The number of hydrogen-bond acceptors (Lipinski definition) is 4. The minimum atomic E-state index is -0.450. The third-order valence-electron chi connectivity index (χ3n) is 3.07. The third kappa shape index (κ3) is 4.44. The van der Waals surface area contributed by atoms with Crippen LogP contribution < -0.4 is 16.4 Å². The van der Waals surface area contributed by atoms with Gasteiger partial charge in [-0.15, -0.1) is 0 Å². The first-order valence-electron chi connectivity index (χ1n) is 6.54. The Morgan fingerprint density at radius 3 is 2.42 bits per heavy atom. The minimum Gasteiger partial charge on any atom is -0.397 e. The van der Waals surface area contributed by atoms with Gasteiger partial charge >= 0.3 is 0 Å². The second kappa shape index (κ2) is 6.99. The zero-order valence-corrected chi connectivity index (χ0v) is 12.0. The van der Waals surface area contributed by atoms with Gasteiger partial charge in [0.2, 0.25) is 5.91 Å². The quantitative estimate of drug-likeness (QED) is 0.724. The Balaban J connectivity index is 2.78. The van der Waals surface area contributed by atoms with Gasteiger partial charge in [-0.2, -0.15) is 0 Å². The molecule has 106 valence electrons. The van der Waals surface area contributed by atoms with Crippen molar-refractivity contribution in [2.75, 3.05) is 44.4 Å². The van der Waals surface area contributed by atoms with Crippen molar-refractivity contribution in [1.29, 1.82) is 0 Å². The molecule has 5 heteroatoms. The fourth-order valence-electron chi connectivity index (χ4n) is 2.02. The van der Waals surface area contributed by atoms with Crippen molar-refractivity contribution in [2.24, 2.45) is 5.73 Å². The molecule has 1 aromatic rings. The minimum absolute atomic E-state index is 0.450. The molecule has 0 fully saturated rings. The number of rotatable bonds is 7. The molecule has 0 unspecified atom stereocenters. The number of benzene rings is 1. The average molecular weight is 264 g/mol. The third-order valence-corrected chi connectivity index (χ3v) is 3.07. The fraction of sp³-hybridized carbons (Fsp3) is 0.500. The van der Waals surface area contributed by atoms with Crippen LogP contribution in [0.4, 0.5) is 11.4 Å². The van der Waals surface area contributed by atoms with Crippen LogP contribution in [0.25, 0.3) is 0 Å². The molecular formula is C14H24N4O. The zero-order chi connectivity index (χ0) is 14.4. The Morgan fingerprint density at radius 1 is 1.26 bits per heavy atom. The van der Waals surface area contributed by atoms with E-state index >= 15 is 0 Å². The van der Waals surface area contributed by atoms with Gasteiger partial charge in [0.05, 0.1) is 11.4 Å². The number of carbonyl (C=O) groups is 1. The fourth-order valence-corrected chi connectivity index (χ4v) is 2.02. The summed E-state index contributed by atoms with van der Waals surface area (Å²) in [7, 11) is 4.12. The number of nitrogens with zero attached hydrogens (tertiary/aromatic N) is 2. The van der Waals surface area contributed by atoms with Crippen molar-refractivity contribution in [3.8, 4) is 0 Å². The highest BCUT2D eigenvalue weighted by Gasteiger charge is 2.10. The Hall–Kier alpha value is -1.75. The van der Waals surface area contributed by atoms with Gasteiger partial charge in [0, 0.05) is 18.7 Å². The van der Waals surface area contributed by atoms with E-state index in [1.54, 1.807) is 12.1 Å². The Bertz CT molecular complexity index is 431. The summed E-state index contributed by atoms with van der Waals surface area (Å²) in [6.45, 7) is 4.95. The van der Waals surface area contributed by atoms with Gasteiger partial charge in [-0.1, -0.05) is 0 Å². The number of primary amides is 1. The molecule has 19 heavy (non-hydrogen) atoms. The van der Waals surface area contributed by atoms with Crippen LogP contribution in [0.3, 0.4) is 0 Å². The summed E-state index contributed by atoms with van der Waals surface area (Å²) >= 11 is 0. The smallest absolute Gasteiger partial charge is 0.248 e. The summed E-state index contributed by atoms with van der Waals surface area (Å²) in [5, 5.41) is 0. The van der Waals surface area contributed by atoms with E-state index in [0.717, 1.165) is 31.7 Å². The first kappa shape index (κ1) is 15.3. The highest BCUT2D eigenvalue weighted by atomic mass is 16.1. The molecule has 0 saturated heterocycles. The highest BCUT2D eigenvalue weighted by Crippen LogP contribution is 2.24. The van der Waals surface area contributed by atoms with Crippen LogP contribution >= 0.6 is 0 Å². The van der Waals surface area contributed by atoms with E-state index in [1.807, 2.05) is 6.07 Å². The maximum atomic E-state index is 11.1. The second-order valence-corrected chi connectivity index (χ2v) is 4.87. The molecule has 0 aliphatic rings. The number of nitrogen functional groups attached to an aromatic ring is 1. The molecule has 1 amide bonds. The summed E-state index contributed by atoms with van der Waals surface area (Å²) in [5.41, 5.74) is 13.3. The topological polar surface area (TPSA) is 75.6 Å². The maximum Gasteiger partial charge on any atom is 0.248 e. The van der Waals surface area contributed by atoms with Crippen LogP contribution in [-0.2, 0) is 0 Å². The van der Waals surface area contributed by atoms with Crippen molar-refractivity contribution in [1.82, 2.24) is 4.90 Å². The Morgan fingerprint density at radius 2 is 1.95 bits per heavy atom. The number of nitrogens with two attached hydrogens (primary N) is 2. The van der Waals surface area contributed by atoms with E-state index in [4.69, 9.17) is 11.5 Å². The van der Waals surface area contributed by atoms with E-state index in [-0.39, 0.29) is 0 Å². The molecule has 0 radical (unpaired) electrons. The SMILES string of the molecule is CCN(CCCN(C)C)c1ccc(C(N)=O)cc1N. The van der Waals surface area contributed by atoms with Crippen LogP contribution in [0.15, 0.2) is 18.2 Å². The van der Waals surface area contributed by atoms with Gasteiger partial charge in [0.25, 0.3) is 0 Å². The Labute approximate surface area is 115 Å². The van der Waals surface area contributed by atoms with Crippen LogP contribution in [0.1, 0.15) is 23.7 Å². The molecule has 0 aromatic heterocycles. The number of carbonyl (C=O) groups excluding carboxylic acids is 1. The monoisotopic (exact) mass is 264 g/mol. The van der Waals surface area contributed by atoms with Crippen molar-refractivity contribution in [2.45, 2.75) is 13.3 Å². The van der Waals surface area contributed by atoms with Gasteiger partial charge in [-0.3, -0.25) is 4.79 Å². The summed E-state index contributed by atoms with van der Waals surface area (Å²) in [5.74, 6) is -0.450. The summed E-state index contributed by atoms with van der Waals surface area (Å²) < 4.78 is 0. The molecule has 0 bridgehead atoms. The lowest BCUT2D eigenvalue weighted by Gasteiger charge is -2.25. The predicted octanol–water partition coefficient (Wildman–Crippen LogP) is 1.15. The molecule has 4 N–H and O–H groups in total. The van der Waals surface area contributed by atoms with Crippen molar-refractivity contribution in [3.05, 3.63) is 23.8 Å². The first-order valence-corrected chi connectivity index (χ1v) is 6.54. The highest BCUT2D eigenvalue weighted by molar-refractivity contribution is 5.94. The van der Waals surface area contributed by atoms with Gasteiger partial charge in [-0.25, -0.2) is 0 Å². The lowest BCUT2D eigenvalue weighted by molar-refractivity contribution is 0.100. The second-order valence-electron chi connectivity index (χ2n) is 4.87. The molecule has 1 rings (SSSR count). The van der Waals surface area contributed by atoms with Crippen molar-refractivity contribution >= 4 is 17.3 Å². The summed E-state index contributed by atoms with van der Waals surface area (Å²) in [6, 6.07) is 5.24. The molecule has 0 spiro atoms.